The lowest BCUT2D eigenvalue weighted by molar-refractivity contribution is -0.136. The Morgan fingerprint density at radius 2 is 1.74 bits per heavy atom. The fourth-order valence-electron chi connectivity index (χ4n) is 4.56. The molecule has 2 aliphatic rings. The van der Waals surface area contributed by atoms with Gasteiger partial charge in [0, 0.05) is 25.6 Å². The van der Waals surface area contributed by atoms with E-state index in [0.717, 1.165) is 43.5 Å². The molecule has 2 amide bonds. The van der Waals surface area contributed by atoms with Gasteiger partial charge in [-0.25, -0.2) is 0 Å². The van der Waals surface area contributed by atoms with Crippen molar-refractivity contribution in [1.82, 2.24) is 9.80 Å². The van der Waals surface area contributed by atoms with E-state index in [4.69, 9.17) is 4.74 Å². The van der Waals surface area contributed by atoms with Gasteiger partial charge in [-0.2, -0.15) is 0 Å². The zero-order chi connectivity index (χ0) is 22.0. The van der Waals surface area contributed by atoms with Crippen LogP contribution in [0.2, 0.25) is 0 Å². The summed E-state index contributed by atoms with van der Waals surface area (Å²) in [5.74, 6) is 0.822. The van der Waals surface area contributed by atoms with Crippen LogP contribution in [-0.4, -0.2) is 47.9 Å². The zero-order valence-corrected chi connectivity index (χ0v) is 18.8. The minimum Gasteiger partial charge on any atom is -0.484 e. The Balaban J connectivity index is 1.63. The number of hydrogen-bond donors (Lipinski definition) is 0. The van der Waals surface area contributed by atoms with Crippen molar-refractivity contribution in [2.75, 3.05) is 26.2 Å². The third-order valence-electron chi connectivity index (χ3n) is 6.34. The second-order valence-electron chi connectivity index (χ2n) is 8.99. The summed E-state index contributed by atoms with van der Waals surface area (Å²) in [6.45, 7) is 8.39. The molecular weight excluding hydrogens is 388 g/mol. The molecule has 0 bridgehead atoms. The fraction of sp³-hybridized carbons (Fsp3) is 0.462. The maximum atomic E-state index is 13.0. The smallest absolute Gasteiger partial charge is 0.260 e. The highest BCUT2D eigenvalue weighted by Crippen LogP contribution is 2.38. The van der Waals surface area contributed by atoms with Crippen molar-refractivity contribution in [3.05, 3.63) is 64.7 Å². The minimum atomic E-state index is -0.142. The van der Waals surface area contributed by atoms with Gasteiger partial charge in [0.05, 0.1) is 6.04 Å². The van der Waals surface area contributed by atoms with Crippen LogP contribution in [0.4, 0.5) is 0 Å². The van der Waals surface area contributed by atoms with Gasteiger partial charge in [0.2, 0.25) is 5.91 Å². The number of aryl methyl sites for hydroxylation is 1. The van der Waals surface area contributed by atoms with Crippen molar-refractivity contribution in [3.63, 3.8) is 0 Å². The lowest BCUT2D eigenvalue weighted by atomic mass is 9.87. The topological polar surface area (TPSA) is 49.9 Å². The maximum absolute atomic E-state index is 13.0. The molecule has 0 spiro atoms. The van der Waals surface area contributed by atoms with Crippen LogP contribution >= 0.6 is 0 Å². The summed E-state index contributed by atoms with van der Waals surface area (Å²) in [5, 5.41) is 0. The fourth-order valence-corrected chi connectivity index (χ4v) is 4.56. The SMILES string of the molecule is Cc1ccc(C2c3cc(OCC(=O)N4CCCC4)ccc3CCN2C(=O)C(C)C)cc1. The number of ether oxygens (including phenoxy) is 1. The third-order valence-corrected chi connectivity index (χ3v) is 6.34. The predicted octanol–water partition coefficient (Wildman–Crippen LogP) is 4.13. The van der Waals surface area contributed by atoms with Crippen LogP contribution in [0.15, 0.2) is 42.5 Å². The van der Waals surface area contributed by atoms with Crippen LogP contribution in [-0.2, 0) is 16.0 Å². The van der Waals surface area contributed by atoms with Crippen LogP contribution in [0.1, 0.15) is 55.0 Å². The molecule has 5 heteroatoms. The van der Waals surface area contributed by atoms with Gasteiger partial charge in [0.15, 0.2) is 6.61 Å². The molecule has 1 fully saturated rings. The molecule has 1 atom stereocenters. The molecule has 5 nitrogen and oxygen atoms in total. The Kier molecular flexibility index (Phi) is 6.30. The number of rotatable bonds is 5. The van der Waals surface area contributed by atoms with Gasteiger partial charge in [0.1, 0.15) is 5.75 Å². The number of nitrogens with zero attached hydrogens (tertiary/aromatic N) is 2. The van der Waals surface area contributed by atoms with Crippen molar-refractivity contribution < 1.29 is 14.3 Å². The molecule has 2 heterocycles. The van der Waals surface area contributed by atoms with Gasteiger partial charge in [-0.1, -0.05) is 49.7 Å². The Labute approximate surface area is 185 Å². The van der Waals surface area contributed by atoms with E-state index in [0.29, 0.717) is 12.3 Å². The Bertz CT molecular complexity index is 946. The summed E-state index contributed by atoms with van der Waals surface area (Å²) >= 11 is 0. The largest absolute Gasteiger partial charge is 0.484 e. The molecule has 1 saturated heterocycles. The van der Waals surface area contributed by atoms with E-state index in [1.54, 1.807) is 0 Å². The average Bonchev–Trinajstić information content (AvgIpc) is 3.32. The predicted molar refractivity (Wildman–Crippen MR) is 121 cm³/mol. The molecular formula is C26H32N2O3. The first-order chi connectivity index (χ1) is 14.9. The van der Waals surface area contributed by atoms with E-state index in [1.807, 2.05) is 35.8 Å². The van der Waals surface area contributed by atoms with Crippen LogP contribution in [0.3, 0.4) is 0 Å². The first-order valence-corrected chi connectivity index (χ1v) is 11.3. The highest BCUT2D eigenvalue weighted by Gasteiger charge is 2.33. The maximum Gasteiger partial charge on any atom is 0.260 e. The molecule has 2 aromatic carbocycles. The molecule has 164 valence electrons. The van der Waals surface area contributed by atoms with Crippen molar-refractivity contribution in [2.45, 2.75) is 46.1 Å². The lowest BCUT2D eigenvalue weighted by Gasteiger charge is -2.39. The summed E-state index contributed by atoms with van der Waals surface area (Å²) in [7, 11) is 0. The number of likely N-dealkylation sites (tertiary alicyclic amines) is 1. The van der Waals surface area contributed by atoms with Crippen LogP contribution < -0.4 is 4.74 Å². The van der Waals surface area contributed by atoms with Crippen molar-refractivity contribution in [2.24, 2.45) is 5.92 Å². The highest BCUT2D eigenvalue weighted by atomic mass is 16.5. The number of hydrogen-bond acceptors (Lipinski definition) is 3. The summed E-state index contributed by atoms with van der Waals surface area (Å²) in [6, 6.07) is 14.3. The standard InChI is InChI=1S/C26H32N2O3/c1-18(2)26(30)28-15-12-20-10-11-22(31-17-24(29)27-13-4-5-14-27)16-23(20)25(28)21-8-6-19(3)7-9-21/h6-11,16,18,25H,4-5,12-15,17H2,1-3H3. The summed E-state index contributed by atoms with van der Waals surface area (Å²) in [6.07, 6.45) is 2.97. The Hall–Kier alpha value is -2.82. The van der Waals surface area contributed by atoms with E-state index in [9.17, 15) is 9.59 Å². The zero-order valence-electron chi connectivity index (χ0n) is 18.8. The molecule has 0 N–H and O–H groups in total. The van der Waals surface area contributed by atoms with Crippen LogP contribution in [0.5, 0.6) is 5.75 Å². The normalized spacial score (nSPS) is 18.3. The number of fused-ring (bicyclic) bond motifs is 1. The van der Waals surface area contributed by atoms with Gasteiger partial charge in [-0.05, 0) is 55.0 Å². The second kappa shape index (κ2) is 9.13. The van der Waals surface area contributed by atoms with E-state index in [-0.39, 0.29) is 30.4 Å². The van der Waals surface area contributed by atoms with Crippen molar-refractivity contribution in [1.29, 1.82) is 0 Å². The van der Waals surface area contributed by atoms with Crippen molar-refractivity contribution >= 4 is 11.8 Å². The van der Waals surface area contributed by atoms with E-state index >= 15 is 0 Å². The van der Waals surface area contributed by atoms with Gasteiger partial charge in [0.25, 0.3) is 5.91 Å². The minimum absolute atomic E-state index is 0.0434. The molecule has 4 rings (SSSR count). The summed E-state index contributed by atoms with van der Waals surface area (Å²) < 4.78 is 5.90. The second-order valence-corrected chi connectivity index (χ2v) is 8.99. The Morgan fingerprint density at radius 3 is 2.42 bits per heavy atom. The van der Waals surface area contributed by atoms with Gasteiger partial charge in [-0.3, -0.25) is 9.59 Å². The molecule has 1 unspecified atom stereocenters. The van der Waals surface area contributed by atoms with E-state index in [1.165, 1.54) is 11.1 Å². The van der Waals surface area contributed by atoms with Crippen LogP contribution in [0, 0.1) is 12.8 Å². The number of carbonyl (C=O) groups excluding carboxylic acids is 2. The van der Waals surface area contributed by atoms with E-state index in [2.05, 4.69) is 37.3 Å². The molecule has 0 saturated carbocycles. The first kappa shape index (κ1) is 21.4. The first-order valence-electron chi connectivity index (χ1n) is 11.3. The van der Waals surface area contributed by atoms with Gasteiger partial charge in [-0.15, -0.1) is 0 Å². The molecule has 2 aromatic rings. The Morgan fingerprint density at radius 1 is 1.03 bits per heavy atom. The quantitative estimate of drug-likeness (QED) is 0.731. The number of amides is 2. The number of carbonyl (C=O) groups is 2. The molecule has 0 aromatic heterocycles. The van der Waals surface area contributed by atoms with Crippen molar-refractivity contribution in [3.8, 4) is 5.75 Å². The van der Waals surface area contributed by atoms with Gasteiger partial charge >= 0.3 is 0 Å². The number of benzene rings is 2. The van der Waals surface area contributed by atoms with E-state index < -0.39 is 0 Å². The highest BCUT2D eigenvalue weighted by molar-refractivity contribution is 5.80. The lowest BCUT2D eigenvalue weighted by Crippen LogP contribution is -2.42. The molecule has 31 heavy (non-hydrogen) atoms. The summed E-state index contributed by atoms with van der Waals surface area (Å²) in [5.41, 5.74) is 4.62. The third kappa shape index (κ3) is 4.60. The van der Waals surface area contributed by atoms with Crippen LogP contribution in [0.25, 0.3) is 0 Å². The average molecular weight is 421 g/mol. The monoisotopic (exact) mass is 420 g/mol. The molecule has 2 aliphatic heterocycles. The molecule has 0 aliphatic carbocycles. The van der Waals surface area contributed by atoms with Gasteiger partial charge < -0.3 is 14.5 Å². The molecule has 0 radical (unpaired) electrons. The summed E-state index contributed by atoms with van der Waals surface area (Å²) in [4.78, 5) is 29.3.